The zero-order valence-corrected chi connectivity index (χ0v) is 11.6. The smallest absolute Gasteiger partial charge is 0.335 e. The van der Waals surface area contributed by atoms with Gasteiger partial charge < -0.3 is 10.4 Å². The molecule has 1 amide bonds. The molecule has 1 saturated heterocycles. The molecule has 2 rings (SSSR count). The quantitative estimate of drug-likeness (QED) is 0.870. The van der Waals surface area contributed by atoms with Crippen molar-refractivity contribution in [2.24, 2.45) is 5.92 Å². The summed E-state index contributed by atoms with van der Waals surface area (Å²) in [6, 6.07) is 6.98. The molecule has 20 heavy (non-hydrogen) atoms. The van der Waals surface area contributed by atoms with E-state index >= 15 is 0 Å². The average Bonchev–Trinajstić information content (AvgIpc) is 2.47. The molecule has 0 aliphatic carbocycles. The number of carbonyl (C=O) groups is 2. The molecule has 1 aliphatic heterocycles. The lowest BCUT2D eigenvalue weighted by Crippen LogP contribution is -2.41. The van der Waals surface area contributed by atoms with Crippen LogP contribution in [0, 0.1) is 5.92 Å². The topological polar surface area (TPSA) is 69.6 Å². The van der Waals surface area contributed by atoms with Crippen molar-refractivity contribution < 1.29 is 14.7 Å². The van der Waals surface area contributed by atoms with Gasteiger partial charge in [0.15, 0.2) is 0 Å². The molecule has 1 unspecified atom stereocenters. The van der Waals surface area contributed by atoms with Gasteiger partial charge in [-0.2, -0.15) is 0 Å². The minimum atomic E-state index is -0.909. The highest BCUT2D eigenvalue weighted by molar-refractivity contribution is 5.87. The van der Waals surface area contributed by atoms with E-state index in [0.29, 0.717) is 12.1 Å². The summed E-state index contributed by atoms with van der Waals surface area (Å²) in [5.41, 5.74) is 1.28. The minimum Gasteiger partial charge on any atom is -0.478 e. The number of carboxylic acid groups (broad SMARTS) is 1. The normalized spacial score (nSPS) is 19.6. The molecule has 0 aromatic heterocycles. The van der Waals surface area contributed by atoms with Gasteiger partial charge in [0.25, 0.3) is 0 Å². The van der Waals surface area contributed by atoms with E-state index in [1.807, 2.05) is 6.07 Å². The van der Waals surface area contributed by atoms with Crippen LogP contribution in [-0.2, 0) is 11.3 Å². The summed E-state index contributed by atoms with van der Waals surface area (Å²) in [5, 5.41) is 11.7. The number of carboxylic acids is 1. The predicted molar refractivity (Wildman–Crippen MR) is 75.5 cm³/mol. The molecular formula is C15H20N2O3. The first-order chi connectivity index (χ1) is 9.60. The van der Waals surface area contributed by atoms with Crippen LogP contribution in [-0.4, -0.2) is 42.0 Å². The molecule has 1 heterocycles. The summed E-state index contributed by atoms with van der Waals surface area (Å²) >= 11 is 0. The Labute approximate surface area is 118 Å². The van der Waals surface area contributed by atoms with Crippen molar-refractivity contribution in [1.29, 1.82) is 0 Å². The molecule has 1 atom stereocenters. The first kappa shape index (κ1) is 14.5. The Kier molecular flexibility index (Phi) is 4.74. The van der Waals surface area contributed by atoms with Gasteiger partial charge in [-0.1, -0.05) is 12.1 Å². The van der Waals surface area contributed by atoms with Crippen LogP contribution in [0.5, 0.6) is 0 Å². The molecule has 1 aliphatic rings. The zero-order valence-electron chi connectivity index (χ0n) is 11.6. The number of hydrogen-bond acceptors (Lipinski definition) is 3. The third-order valence-electron chi connectivity index (χ3n) is 3.70. The molecule has 5 nitrogen and oxygen atoms in total. The highest BCUT2D eigenvalue weighted by Gasteiger charge is 2.24. The van der Waals surface area contributed by atoms with Crippen LogP contribution >= 0.6 is 0 Å². The van der Waals surface area contributed by atoms with Gasteiger partial charge in [-0.15, -0.1) is 0 Å². The number of carbonyl (C=O) groups excluding carboxylic acids is 1. The first-order valence-electron chi connectivity index (χ1n) is 6.86. The molecule has 5 heteroatoms. The van der Waals surface area contributed by atoms with Crippen LogP contribution < -0.4 is 5.32 Å². The second kappa shape index (κ2) is 6.52. The van der Waals surface area contributed by atoms with Gasteiger partial charge in [-0.05, 0) is 37.1 Å². The van der Waals surface area contributed by atoms with Crippen molar-refractivity contribution in [3.05, 3.63) is 35.4 Å². The second-order valence-electron chi connectivity index (χ2n) is 5.19. The number of piperidine rings is 1. The fourth-order valence-corrected chi connectivity index (χ4v) is 2.68. The number of aromatic carboxylic acids is 1. The van der Waals surface area contributed by atoms with E-state index < -0.39 is 5.97 Å². The Balaban J connectivity index is 2.00. The molecule has 1 aromatic rings. The molecule has 0 spiro atoms. The van der Waals surface area contributed by atoms with Crippen LogP contribution in [0.3, 0.4) is 0 Å². The zero-order chi connectivity index (χ0) is 14.5. The number of nitrogens with zero attached hydrogens (tertiary/aromatic N) is 1. The maximum Gasteiger partial charge on any atom is 0.335 e. The standard InChI is InChI=1S/C15H20N2O3/c1-16-14(18)13-6-3-7-17(10-13)9-11-4-2-5-12(8-11)15(19)20/h2,4-5,8,13H,3,6-7,9-10H2,1H3,(H,16,18)(H,19,20). The monoisotopic (exact) mass is 276 g/mol. The Morgan fingerprint density at radius 3 is 2.95 bits per heavy atom. The molecule has 0 radical (unpaired) electrons. The maximum absolute atomic E-state index is 11.7. The lowest BCUT2D eigenvalue weighted by Gasteiger charge is -2.31. The Morgan fingerprint density at radius 2 is 2.25 bits per heavy atom. The predicted octanol–water partition coefficient (Wildman–Crippen LogP) is 1.34. The van der Waals surface area contributed by atoms with Crippen LogP contribution in [0.25, 0.3) is 0 Å². The van der Waals surface area contributed by atoms with Crippen LogP contribution in [0.15, 0.2) is 24.3 Å². The lowest BCUT2D eigenvalue weighted by molar-refractivity contribution is -0.126. The van der Waals surface area contributed by atoms with Crippen molar-refractivity contribution in [1.82, 2.24) is 10.2 Å². The van der Waals surface area contributed by atoms with Crippen LogP contribution in [0.1, 0.15) is 28.8 Å². The number of hydrogen-bond donors (Lipinski definition) is 2. The number of benzene rings is 1. The van der Waals surface area contributed by atoms with Gasteiger partial charge >= 0.3 is 5.97 Å². The van der Waals surface area contributed by atoms with Crippen molar-refractivity contribution in [2.75, 3.05) is 20.1 Å². The summed E-state index contributed by atoms with van der Waals surface area (Å²) < 4.78 is 0. The number of nitrogens with one attached hydrogen (secondary N) is 1. The summed E-state index contributed by atoms with van der Waals surface area (Å²) in [4.78, 5) is 24.9. The third kappa shape index (κ3) is 3.57. The van der Waals surface area contributed by atoms with E-state index in [1.54, 1.807) is 25.2 Å². The van der Waals surface area contributed by atoms with E-state index in [9.17, 15) is 9.59 Å². The van der Waals surface area contributed by atoms with Crippen molar-refractivity contribution in [3.8, 4) is 0 Å². The molecule has 1 aromatic carbocycles. The summed E-state index contributed by atoms with van der Waals surface area (Å²) in [6.45, 7) is 2.37. The Hall–Kier alpha value is -1.88. The molecule has 1 fully saturated rings. The molecule has 2 N–H and O–H groups in total. The third-order valence-corrected chi connectivity index (χ3v) is 3.70. The van der Waals surface area contributed by atoms with E-state index in [0.717, 1.165) is 31.5 Å². The van der Waals surface area contributed by atoms with Crippen LogP contribution in [0.4, 0.5) is 0 Å². The Morgan fingerprint density at radius 1 is 1.45 bits per heavy atom. The van der Waals surface area contributed by atoms with Crippen molar-refractivity contribution in [2.45, 2.75) is 19.4 Å². The summed E-state index contributed by atoms with van der Waals surface area (Å²) in [7, 11) is 1.66. The van der Waals surface area contributed by atoms with E-state index in [4.69, 9.17) is 5.11 Å². The average molecular weight is 276 g/mol. The fraction of sp³-hybridized carbons (Fsp3) is 0.467. The van der Waals surface area contributed by atoms with Gasteiger partial charge in [0.05, 0.1) is 11.5 Å². The lowest BCUT2D eigenvalue weighted by atomic mass is 9.96. The first-order valence-corrected chi connectivity index (χ1v) is 6.86. The van der Waals surface area contributed by atoms with Gasteiger partial charge in [0, 0.05) is 20.1 Å². The highest BCUT2D eigenvalue weighted by Crippen LogP contribution is 2.19. The largest absolute Gasteiger partial charge is 0.478 e. The molecular weight excluding hydrogens is 256 g/mol. The van der Waals surface area contributed by atoms with Crippen LogP contribution in [0.2, 0.25) is 0 Å². The number of likely N-dealkylation sites (tertiary alicyclic amines) is 1. The molecule has 0 saturated carbocycles. The van der Waals surface area contributed by atoms with E-state index in [1.165, 1.54) is 0 Å². The number of amides is 1. The van der Waals surface area contributed by atoms with E-state index in [2.05, 4.69) is 10.2 Å². The fourth-order valence-electron chi connectivity index (χ4n) is 2.68. The summed E-state index contributed by atoms with van der Waals surface area (Å²) in [6.07, 6.45) is 1.92. The maximum atomic E-state index is 11.7. The van der Waals surface area contributed by atoms with Gasteiger partial charge in [-0.3, -0.25) is 9.69 Å². The van der Waals surface area contributed by atoms with Gasteiger partial charge in [0.1, 0.15) is 0 Å². The number of rotatable bonds is 4. The van der Waals surface area contributed by atoms with Crippen molar-refractivity contribution >= 4 is 11.9 Å². The highest BCUT2D eigenvalue weighted by atomic mass is 16.4. The van der Waals surface area contributed by atoms with Gasteiger partial charge in [-0.25, -0.2) is 4.79 Å². The second-order valence-corrected chi connectivity index (χ2v) is 5.19. The summed E-state index contributed by atoms with van der Waals surface area (Å²) in [5.74, 6) is -0.779. The molecule has 108 valence electrons. The Bertz CT molecular complexity index is 502. The molecule has 0 bridgehead atoms. The minimum absolute atomic E-state index is 0.0383. The SMILES string of the molecule is CNC(=O)C1CCCN(Cc2cccc(C(=O)O)c2)C1. The van der Waals surface area contributed by atoms with Gasteiger partial charge in [0.2, 0.25) is 5.91 Å². The van der Waals surface area contributed by atoms with E-state index in [-0.39, 0.29) is 11.8 Å². The van der Waals surface area contributed by atoms with Crippen molar-refractivity contribution in [3.63, 3.8) is 0 Å².